The van der Waals surface area contributed by atoms with Gasteiger partial charge in [0.15, 0.2) is 16.6 Å². The van der Waals surface area contributed by atoms with E-state index in [2.05, 4.69) is 20.9 Å². The van der Waals surface area contributed by atoms with Gasteiger partial charge in [-0.15, -0.1) is 11.3 Å². The molecule has 0 N–H and O–H groups in total. The standard InChI is InChI=1S/C11H8BrNO2S/c12-6-4-5-15-10(6)11-13-9-7(14)2-1-3-8(9)16-11/h4-5H,1-3H2. The number of hydrogen-bond acceptors (Lipinski definition) is 4. The second-order valence-electron chi connectivity index (χ2n) is 3.67. The molecular formula is C11H8BrNO2S. The van der Waals surface area contributed by atoms with Gasteiger partial charge >= 0.3 is 0 Å². The lowest BCUT2D eigenvalue weighted by atomic mass is 10.0. The molecule has 2 heterocycles. The van der Waals surface area contributed by atoms with Crippen LogP contribution in [0.5, 0.6) is 0 Å². The molecule has 3 nitrogen and oxygen atoms in total. The number of nitrogens with zero attached hydrogens (tertiary/aromatic N) is 1. The number of rotatable bonds is 1. The van der Waals surface area contributed by atoms with Crippen LogP contribution in [-0.4, -0.2) is 10.8 Å². The minimum absolute atomic E-state index is 0.159. The molecule has 82 valence electrons. The molecule has 0 atom stereocenters. The summed E-state index contributed by atoms with van der Waals surface area (Å²) >= 11 is 4.95. The summed E-state index contributed by atoms with van der Waals surface area (Å²) in [6, 6.07) is 1.83. The Kier molecular flexibility index (Phi) is 2.44. The highest BCUT2D eigenvalue weighted by molar-refractivity contribution is 9.10. The average molecular weight is 298 g/mol. The molecule has 0 fully saturated rings. The van der Waals surface area contributed by atoms with Crippen LogP contribution < -0.4 is 0 Å². The summed E-state index contributed by atoms with van der Waals surface area (Å²) in [6.07, 6.45) is 4.13. The Hall–Kier alpha value is -0.940. The van der Waals surface area contributed by atoms with Gasteiger partial charge in [0.25, 0.3) is 0 Å². The van der Waals surface area contributed by atoms with Gasteiger partial charge in [0.05, 0.1) is 10.7 Å². The van der Waals surface area contributed by atoms with Crippen LogP contribution >= 0.6 is 27.3 Å². The molecule has 1 aliphatic rings. The van der Waals surface area contributed by atoms with Crippen molar-refractivity contribution < 1.29 is 9.21 Å². The van der Waals surface area contributed by atoms with Crippen molar-refractivity contribution in [3.05, 3.63) is 27.4 Å². The largest absolute Gasteiger partial charge is 0.461 e. The Morgan fingerprint density at radius 3 is 3.00 bits per heavy atom. The maximum Gasteiger partial charge on any atom is 0.182 e. The molecule has 0 unspecified atom stereocenters. The maximum atomic E-state index is 11.7. The Bertz CT molecular complexity index is 558. The number of fused-ring (bicyclic) bond motifs is 1. The highest BCUT2D eigenvalue weighted by Crippen LogP contribution is 2.36. The van der Waals surface area contributed by atoms with Crippen molar-refractivity contribution >= 4 is 33.0 Å². The highest BCUT2D eigenvalue weighted by Gasteiger charge is 2.24. The third-order valence-corrected chi connectivity index (χ3v) is 4.32. The fourth-order valence-corrected chi connectivity index (χ4v) is 3.45. The lowest BCUT2D eigenvalue weighted by Crippen LogP contribution is -2.08. The van der Waals surface area contributed by atoms with Crippen molar-refractivity contribution in [3.63, 3.8) is 0 Å². The van der Waals surface area contributed by atoms with E-state index in [1.165, 1.54) is 0 Å². The van der Waals surface area contributed by atoms with E-state index in [9.17, 15) is 4.79 Å². The monoisotopic (exact) mass is 297 g/mol. The third-order valence-electron chi connectivity index (χ3n) is 2.58. The van der Waals surface area contributed by atoms with E-state index in [0.717, 1.165) is 27.2 Å². The summed E-state index contributed by atoms with van der Waals surface area (Å²) in [4.78, 5) is 17.1. The van der Waals surface area contributed by atoms with Gasteiger partial charge in [0.2, 0.25) is 0 Å². The Balaban J connectivity index is 2.11. The zero-order valence-electron chi connectivity index (χ0n) is 8.33. The average Bonchev–Trinajstić information content (AvgIpc) is 2.84. The molecular weight excluding hydrogens is 290 g/mol. The number of aromatic nitrogens is 1. The van der Waals surface area contributed by atoms with E-state index < -0.39 is 0 Å². The molecule has 0 radical (unpaired) electrons. The molecule has 3 rings (SSSR count). The fourth-order valence-electron chi connectivity index (χ4n) is 1.81. The SMILES string of the molecule is O=C1CCCc2sc(-c3occc3Br)nc21. The number of thiazole rings is 1. The van der Waals surface area contributed by atoms with Gasteiger partial charge in [0.1, 0.15) is 5.69 Å². The van der Waals surface area contributed by atoms with Crippen LogP contribution in [0.15, 0.2) is 21.2 Å². The van der Waals surface area contributed by atoms with Crippen LogP contribution in [0.25, 0.3) is 10.8 Å². The summed E-state index contributed by atoms with van der Waals surface area (Å²) in [7, 11) is 0. The molecule has 5 heteroatoms. The van der Waals surface area contributed by atoms with Crippen molar-refractivity contribution in [1.82, 2.24) is 4.98 Å². The Labute approximate surface area is 105 Å². The van der Waals surface area contributed by atoms with Crippen LogP contribution in [0.1, 0.15) is 28.2 Å². The van der Waals surface area contributed by atoms with E-state index in [1.54, 1.807) is 17.6 Å². The molecule has 2 aromatic rings. The van der Waals surface area contributed by atoms with E-state index in [-0.39, 0.29) is 5.78 Å². The molecule has 16 heavy (non-hydrogen) atoms. The third kappa shape index (κ3) is 1.55. The molecule has 2 aromatic heterocycles. The second-order valence-corrected chi connectivity index (χ2v) is 5.60. The van der Waals surface area contributed by atoms with E-state index >= 15 is 0 Å². The number of furan rings is 1. The normalized spacial score (nSPS) is 15.2. The quantitative estimate of drug-likeness (QED) is 0.806. The van der Waals surface area contributed by atoms with Crippen LogP contribution in [0.3, 0.4) is 0 Å². The first-order valence-electron chi connectivity index (χ1n) is 5.02. The summed E-state index contributed by atoms with van der Waals surface area (Å²) in [6.45, 7) is 0. The predicted molar refractivity (Wildman–Crippen MR) is 64.8 cm³/mol. The lowest BCUT2D eigenvalue weighted by molar-refractivity contribution is 0.0968. The molecule has 0 bridgehead atoms. The first kappa shape index (κ1) is 10.2. The van der Waals surface area contributed by atoms with Crippen LogP contribution in [0, 0.1) is 0 Å². The minimum Gasteiger partial charge on any atom is -0.461 e. The summed E-state index contributed by atoms with van der Waals surface area (Å²) in [5, 5.41) is 0.789. The smallest absolute Gasteiger partial charge is 0.182 e. The summed E-state index contributed by atoms with van der Waals surface area (Å²) in [5.74, 6) is 0.874. The van der Waals surface area contributed by atoms with Gasteiger partial charge in [-0.3, -0.25) is 4.79 Å². The fraction of sp³-hybridized carbons (Fsp3) is 0.273. The Morgan fingerprint density at radius 1 is 1.44 bits per heavy atom. The lowest BCUT2D eigenvalue weighted by Gasteiger charge is -2.06. The van der Waals surface area contributed by atoms with Gasteiger partial charge in [-0.2, -0.15) is 0 Å². The van der Waals surface area contributed by atoms with Gasteiger partial charge < -0.3 is 4.42 Å². The zero-order valence-corrected chi connectivity index (χ0v) is 10.7. The van der Waals surface area contributed by atoms with Crippen LogP contribution in [0.2, 0.25) is 0 Å². The number of Topliss-reactive ketones (excluding diaryl/α,β-unsaturated/α-hetero) is 1. The summed E-state index contributed by atoms with van der Waals surface area (Å²) in [5.41, 5.74) is 0.648. The Morgan fingerprint density at radius 2 is 2.31 bits per heavy atom. The minimum atomic E-state index is 0.159. The van der Waals surface area contributed by atoms with Crippen LogP contribution in [0.4, 0.5) is 0 Å². The highest BCUT2D eigenvalue weighted by atomic mass is 79.9. The molecule has 1 aliphatic carbocycles. The second kappa shape index (κ2) is 3.82. The topological polar surface area (TPSA) is 43.1 Å². The van der Waals surface area contributed by atoms with Crippen molar-refractivity contribution in [1.29, 1.82) is 0 Å². The number of carbonyl (C=O) groups excluding carboxylic acids is 1. The number of halogens is 1. The van der Waals surface area contributed by atoms with Crippen LogP contribution in [-0.2, 0) is 6.42 Å². The van der Waals surface area contributed by atoms with E-state index in [1.807, 2.05) is 6.07 Å². The molecule has 0 saturated carbocycles. The van der Waals surface area contributed by atoms with Crippen molar-refractivity contribution in [2.75, 3.05) is 0 Å². The van der Waals surface area contributed by atoms with E-state index in [0.29, 0.717) is 17.9 Å². The number of hydrogen-bond donors (Lipinski definition) is 0. The predicted octanol–water partition coefficient (Wildman–Crippen LogP) is 3.68. The molecule has 0 aliphatic heterocycles. The van der Waals surface area contributed by atoms with Gasteiger partial charge in [0, 0.05) is 11.3 Å². The van der Waals surface area contributed by atoms with E-state index in [4.69, 9.17) is 4.42 Å². The molecule has 0 saturated heterocycles. The first-order valence-corrected chi connectivity index (χ1v) is 6.63. The molecule has 0 amide bonds. The number of aryl methyl sites for hydroxylation is 1. The van der Waals surface area contributed by atoms with Gasteiger partial charge in [-0.1, -0.05) is 0 Å². The van der Waals surface area contributed by atoms with Crippen molar-refractivity contribution in [3.8, 4) is 10.8 Å². The molecule has 0 spiro atoms. The van der Waals surface area contributed by atoms with Crippen molar-refractivity contribution in [2.24, 2.45) is 0 Å². The van der Waals surface area contributed by atoms with Crippen molar-refractivity contribution in [2.45, 2.75) is 19.3 Å². The zero-order chi connectivity index (χ0) is 11.1. The number of carbonyl (C=O) groups is 1. The molecule has 0 aromatic carbocycles. The van der Waals surface area contributed by atoms with Gasteiger partial charge in [-0.25, -0.2) is 4.98 Å². The maximum absolute atomic E-state index is 11.7. The van der Waals surface area contributed by atoms with Gasteiger partial charge in [-0.05, 0) is 34.8 Å². The first-order chi connectivity index (χ1) is 7.75. The summed E-state index contributed by atoms with van der Waals surface area (Å²) < 4.78 is 6.23. The number of ketones is 1.